The van der Waals surface area contributed by atoms with E-state index in [1.807, 2.05) is 6.92 Å². The fourth-order valence-corrected chi connectivity index (χ4v) is 3.43. The van der Waals surface area contributed by atoms with Gasteiger partial charge >= 0.3 is 6.18 Å². The summed E-state index contributed by atoms with van der Waals surface area (Å²) in [7, 11) is -4.11. The van der Waals surface area contributed by atoms with Crippen molar-refractivity contribution in [2.24, 2.45) is 0 Å². The molecule has 6 nitrogen and oxygen atoms in total. The third-order valence-corrected chi connectivity index (χ3v) is 5.22. The summed E-state index contributed by atoms with van der Waals surface area (Å²) in [4.78, 5) is 11.9. The molecule has 2 aromatic rings. The van der Waals surface area contributed by atoms with Crippen LogP contribution in [0.1, 0.15) is 29.3 Å². The van der Waals surface area contributed by atoms with Crippen molar-refractivity contribution < 1.29 is 31.1 Å². The molecule has 2 rings (SSSR count). The first kappa shape index (κ1) is 22.7. The summed E-state index contributed by atoms with van der Waals surface area (Å²) in [5.41, 5.74) is -0.913. The molecule has 2 aromatic carbocycles. The van der Waals surface area contributed by atoms with Gasteiger partial charge in [0, 0.05) is 31.0 Å². The molecular weight excluding hydrogens is 409 g/mol. The molecule has 0 saturated heterocycles. The fourth-order valence-electron chi connectivity index (χ4n) is 2.38. The van der Waals surface area contributed by atoms with E-state index >= 15 is 0 Å². The maximum Gasteiger partial charge on any atom is 0.416 e. The molecule has 0 aliphatic heterocycles. The molecule has 0 radical (unpaired) electrons. The van der Waals surface area contributed by atoms with Gasteiger partial charge in [-0.15, -0.1) is 0 Å². The molecule has 10 heteroatoms. The van der Waals surface area contributed by atoms with Crippen LogP contribution >= 0.6 is 0 Å². The zero-order chi connectivity index (χ0) is 21.5. The van der Waals surface area contributed by atoms with Crippen molar-refractivity contribution in [3.8, 4) is 0 Å². The van der Waals surface area contributed by atoms with Gasteiger partial charge < -0.3 is 10.1 Å². The van der Waals surface area contributed by atoms with Crippen LogP contribution in [0.5, 0.6) is 0 Å². The minimum absolute atomic E-state index is 0.178. The first-order valence-electron chi connectivity index (χ1n) is 8.79. The fraction of sp³-hybridized carbons (Fsp3) is 0.316. The first-order chi connectivity index (χ1) is 13.6. The van der Waals surface area contributed by atoms with E-state index < -0.39 is 21.8 Å². The molecule has 0 fully saturated rings. The maximum absolute atomic E-state index is 12.8. The Kier molecular flexibility index (Phi) is 7.63. The quantitative estimate of drug-likeness (QED) is 0.595. The number of ether oxygens (including phenoxy) is 1. The van der Waals surface area contributed by atoms with Crippen molar-refractivity contribution in [3.63, 3.8) is 0 Å². The largest absolute Gasteiger partial charge is 0.416 e. The van der Waals surface area contributed by atoms with Crippen LogP contribution in [-0.4, -0.2) is 34.1 Å². The summed E-state index contributed by atoms with van der Waals surface area (Å²) in [5.74, 6) is -0.365. The van der Waals surface area contributed by atoms with E-state index in [0.717, 1.165) is 12.1 Å². The molecule has 1 amide bonds. The van der Waals surface area contributed by atoms with Crippen molar-refractivity contribution >= 4 is 21.6 Å². The van der Waals surface area contributed by atoms with Gasteiger partial charge in [-0.2, -0.15) is 13.2 Å². The van der Waals surface area contributed by atoms with E-state index in [2.05, 4.69) is 10.0 Å². The lowest BCUT2D eigenvalue weighted by Gasteiger charge is -2.11. The minimum Gasteiger partial charge on any atom is -0.382 e. The maximum atomic E-state index is 12.8. The Morgan fingerprint density at radius 1 is 1.10 bits per heavy atom. The highest BCUT2D eigenvalue weighted by Gasteiger charge is 2.30. The summed E-state index contributed by atoms with van der Waals surface area (Å²) >= 11 is 0. The second-order valence-corrected chi connectivity index (χ2v) is 7.70. The molecular formula is C19H21F3N2O4S. The molecule has 0 heterocycles. The summed E-state index contributed by atoms with van der Waals surface area (Å²) in [6.07, 6.45) is -3.94. The number of hydrogen-bond acceptors (Lipinski definition) is 4. The summed E-state index contributed by atoms with van der Waals surface area (Å²) in [6.45, 7) is 3.40. The van der Waals surface area contributed by atoms with Crippen molar-refractivity contribution in [2.45, 2.75) is 24.4 Å². The Bertz CT molecular complexity index is 929. The van der Waals surface area contributed by atoms with E-state index in [9.17, 15) is 26.4 Å². The molecule has 0 bridgehead atoms. The van der Waals surface area contributed by atoms with Crippen molar-refractivity contribution in [2.75, 3.05) is 24.5 Å². The number of anilines is 1. The average molecular weight is 430 g/mol. The smallest absolute Gasteiger partial charge is 0.382 e. The molecule has 0 atom stereocenters. The van der Waals surface area contributed by atoms with Gasteiger partial charge in [0.25, 0.3) is 15.9 Å². The van der Waals surface area contributed by atoms with Gasteiger partial charge in [0.15, 0.2) is 0 Å². The molecule has 2 N–H and O–H groups in total. The number of carbonyl (C=O) groups excluding carboxylic acids is 1. The number of alkyl halides is 3. The number of carbonyl (C=O) groups is 1. The van der Waals surface area contributed by atoms with Crippen LogP contribution in [0.2, 0.25) is 0 Å². The normalized spacial score (nSPS) is 11.9. The molecule has 0 unspecified atom stereocenters. The second-order valence-electron chi connectivity index (χ2n) is 6.01. The topological polar surface area (TPSA) is 84.5 Å². The van der Waals surface area contributed by atoms with Gasteiger partial charge in [0.2, 0.25) is 0 Å². The summed E-state index contributed by atoms with van der Waals surface area (Å²) in [6, 6.07) is 8.98. The highest BCUT2D eigenvalue weighted by Crippen LogP contribution is 2.31. The standard InChI is InChI=1S/C19H21F3N2O4S/c1-2-28-12-4-11-23-18(25)14-7-9-17(10-8-14)29(26,27)24-16-6-3-5-15(13-16)19(20,21)22/h3,5-10,13,24H,2,4,11-12H2,1H3,(H,23,25). The lowest BCUT2D eigenvalue weighted by Crippen LogP contribution is -2.25. The van der Waals surface area contributed by atoms with Gasteiger partial charge in [-0.3, -0.25) is 9.52 Å². The number of benzene rings is 2. The molecule has 0 spiro atoms. The molecule has 0 aromatic heterocycles. The van der Waals surface area contributed by atoms with Gasteiger partial charge in [-0.25, -0.2) is 8.42 Å². The predicted octanol–water partition coefficient (Wildman–Crippen LogP) is 3.66. The monoisotopic (exact) mass is 430 g/mol. The molecule has 0 aliphatic carbocycles. The Hall–Kier alpha value is -2.59. The van der Waals surface area contributed by atoms with Crippen LogP contribution in [0.15, 0.2) is 53.4 Å². The molecule has 158 valence electrons. The zero-order valence-electron chi connectivity index (χ0n) is 15.6. The minimum atomic E-state index is -4.58. The van der Waals surface area contributed by atoms with Crippen LogP contribution in [-0.2, 0) is 20.9 Å². The second kappa shape index (κ2) is 9.75. The van der Waals surface area contributed by atoms with Crippen LogP contribution in [0.4, 0.5) is 18.9 Å². The van der Waals surface area contributed by atoms with E-state index in [-0.39, 0.29) is 22.1 Å². The van der Waals surface area contributed by atoms with Gasteiger partial charge in [0.1, 0.15) is 0 Å². The Balaban J connectivity index is 2.04. The molecule has 0 aliphatic rings. The first-order valence-corrected chi connectivity index (χ1v) is 10.3. The highest BCUT2D eigenvalue weighted by atomic mass is 32.2. The van der Waals surface area contributed by atoms with Crippen molar-refractivity contribution in [3.05, 3.63) is 59.7 Å². The van der Waals surface area contributed by atoms with Crippen LogP contribution in [0, 0.1) is 0 Å². The third-order valence-electron chi connectivity index (χ3n) is 3.82. The lowest BCUT2D eigenvalue weighted by atomic mass is 10.2. The van der Waals surface area contributed by atoms with Crippen LogP contribution in [0.25, 0.3) is 0 Å². The Labute approximate surface area is 167 Å². The van der Waals surface area contributed by atoms with Crippen molar-refractivity contribution in [1.82, 2.24) is 5.32 Å². The van der Waals surface area contributed by atoms with Crippen LogP contribution < -0.4 is 10.0 Å². The van der Waals surface area contributed by atoms with Crippen LogP contribution in [0.3, 0.4) is 0 Å². The summed E-state index contributed by atoms with van der Waals surface area (Å²) in [5, 5.41) is 2.69. The zero-order valence-corrected chi connectivity index (χ0v) is 16.4. The number of nitrogens with one attached hydrogen (secondary N) is 2. The van der Waals surface area contributed by atoms with Gasteiger partial charge in [0.05, 0.1) is 10.5 Å². The van der Waals surface area contributed by atoms with Gasteiger partial charge in [-0.05, 0) is 55.8 Å². The predicted molar refractivity (Wildman–Crippen MR) is 102 cm³/mol. The lowest BCUT2D eigenvalue weighted by molar-refractivity contribution is -0.137. The van der Waals surface area contributed by atoms with Gasteiger partial charge in [-0.1, -0.05) is 6.07 Å². The average Bonchev–Trinajstić information content (AvgIpc) is 2.67. The number of sulfonamides is 1. The van der Waals surface area contributed by atoms with E-state index in [0.29, 0.717) is 32.2 Å². The Morgan fingerprint density at radius 3 is 2.41 bits per heavy atom. The third kappa shape index (κ3) is 6.75. The van der Waals surface area contributed by atoms with E-state index in [4.69, 9.17) is 4.74 Å². The summed E-state index contributed by atoms with van der Waals surface area (Å²) < 4.78 is 70.4. The number of hydrogen-bond donors (Lipinski definition) is 2. The molecule has 0 saturated carbocycles. The van der Waals surface area contributed by atoms with Crippen molar-refractivity contribution in [1.29, 1.82) is 0 Å². The number of rotatable bonds is 9. The van der Waals surface area contributed by atoms with E-state index in [1.54, 1.807) is 0 Å². The number of halogens is 3. The van der Waals surface area contributed by atoms with E-state index in [1.165, 1.54) is 30.3 Å². The number of amides is 1. The SMILES string of the molecule is CCOCCCNC(=O)c1ccc(S(=O)(=O)Nc2cccc(C(F)(F)F)c2)cc1. The Morgan fingerprint density at radius 2 is 1.79 bits per heavy atom. The highest BCUT2D eigenvalue weighted by molar-refractivity contribution is 7.92. The molecule has 29 heavy (non-hydrogen) atoms.